The third kappa shape index (κ3) is 5.45. The molecule has 0 radical (unpaired) electrons. The van der Waals surface area contributed by atoms with Crippen molar-refractivity contribution in [3.05, 3.63) is 23.8 Å². The Morgan fingerprint density at radius 1 is 1.13 bits per heavy atom. The minimum atomic E-state index is -2.26. The number of hydrogen-bond acceptors (Lipinski definition) is 8. The van der Waals surface area contributed by atoms with Gasteiger partial charge in [-0.1, -0.05) is 26.8 Å². The summed E-state index contributed by atoms with van der Waals surface area (Å²) in [6.07, 6.45) is 0.676. The molecule has 0 bridgehead atoms. The van der Waals surface area contributed by atoms with Gasteiger partial charge in [0.15, 0.2) is 38.2 Å². The number of fused-ring (bicyclic) bond motifs is 2. The third-order valence-electron chi connectivity index (χ3n) is 8.91. The Hall–Kier alpha value is -1.78. The number of hydrogen-bond donors (Lipinski definition) is 0. The van der Waals surface area contributed by atoms with Crippen LogP contribution in [0.3, 0.4) is 0 Å². The Bertz CT molecular complexity index is 1030. The molecule has 9 heteroatoms. The van der Waals surface area contributed by atoms with E-state index in [4.69, 9.17) is 28.1 Å². The van der Waals surface area contributed by atoms with Crippen LogP contribution in [0, 0.1) is 23.7 Å². The molecule has 1 saturated heterocycles. The van der Waals surface area contributed by atoms with Gasteiger partial charge >= 0.3 is 0 Å². The molecule has 1 heterocycles. The fraction of sp³-hybridized carbons (Fsp3) is 0.724. The van der Waals surface area contributed by atoms with Gasteiger partial charge in [-0.3, -0.25) is 4.79 Å². The van der Waals surface area contributed by atoms with Crippen LogP contribution in [0.2, 0.25) is 18.1 Å². The van der Waals surface area contributed by atoms with Crippen molar-refractivity contribution in [3.8, 4) is 11.5 Å². The molecule has 38 heavy (non-hydrogen) atoms. The van der Waals surface area contributed by atoms with Crippen molar-refractivity contribution in [1.82, 2.24) is 0 Å². The van der Waals surface area contributed by atoms with E-state index in [0.717, 1.165) is 11.8 Å². The molecule has 4 rings (SSSR count). The molecule has 0 spiro atoms. The van der Waals surface area contributed by atoms with Crippen molar-refractivity contribution in [3.63, 3.8) is 0 Å². The number of ether oxygens (including phenoxy) is 5. The summed E-state index contributed by atoms with van der Waals surface area (Å²) in [6, 6.07) is 5.85. The lowest BCUT2D eigenvalue weighted by Crippen LogP contribution is -2.60. The molecule has 1 aliphatic heterocycles. The normalized spacial score (nSPS) is 32.6. The van der Waals surface area contributed by atoms with Crippen molar-refractivity contribution in [2.24, 2.45) is 23.7 Å². The summed E-state index contributed by atoms with van der Waals surface area (Å²) in [5, 5.41) is -0.0316. The quantitative estimate of drug-likeness (QED) is 0.247. The first-order valence-electron chi connectivity index (χ1n) is 13.5. The fourth-order valence-electron chi connectivity index (χ4n) is 6.17. The zero-order valence-corrected chi connectivity index (χ0v) is 25.2. The van der Waals surface area contributed by atoms with Gasteiger partial charge in [-0.05, 0) is 68.4 Å². The lowest BCUT2D eigenvalue weighted by molar-refractivity contribution is -0.157. The first-order chi connectivity index (χ1) is 17.7. The summed E-state index contributed by atoms with van der Waals surface area (Å²) in [7, 11) is 0.914. The van der Waals surface area contributed by atoms with Crippen LogP contribution in [0.25, 0.3) is 0 Å². The molecule has 0 unspecified atom stereocenters. The van der Waals surface area contributed by atoms with Gasteiger partial charge in [0.1, 0.15) is 18.5 Å². The fourth-order valence-corrected chi connectivity index (χ4v) is 7.50. The number of benzene rings is 1. The van der Waals surface area contributed by atoms with E-state index in [0.29, 0.717) is 24.3 Å². The van der Waals surface area contributed by atoms with Gasteiger partial charge in [0, 0.05) is 24.9 Å². The Morgan fingerprint density at radius 2 is 1.84 bits per heavy atom. The Kier molecular flexibility index (Phi) is 8.19. The molecule has 1 aromatic carbocycles. The Labute approximate surface area is 227 Å². The molecule has 2 aliphatic carbocycles. The van der Waals surface area contributed by atoms with Gasteiger partial charge in [0.05, 0.1) is 13.2 Å². The zero-order valence-electron chi connectivity index (χ0n) is 24.2. The van der Waals surface area contributed by atoms with E-state index in [9.17, 15) is 9.59 Å². The van der Waals surface area contributed by atoms with Gasteiger partial charge < -0.3 is 32.9 Å². The van der Waals surface area contributed by atoms with Gasteiger partial charge in [-0.25, -0.2) is 0 Å². The van der Waals surface area contributed by atoms with Crippen LogP contribution in [0.4, 0.5) is 0 Å². The van der Waals surface area contributed by atoms with Crippen LogP contribution < -0.4 is 9.47 Å². The largest absolute Gasteiger partial charge is 0.493 e. The van der Waals surface area contributed by atoms with Crippen LogP contribution in [0.1, 0.15) is 46.6 Å². The molecule has 2 saturated carbocycles. The maximum Gasteiger partial charge on any atom is 0.192 e. The summed E-state index contributed by atoms with van der Waals surface area (Å²) in [5.41, 5.74) is 1.04. The van der Waals surface area contributed by atoms with Crippen LogP contribution in [0.5, 0.6) is 11.5 Å². The van der Waals surface area contributed by atoms with Crippen LogP contribution in [-0.2, 0) is 34.6 Å². The number of rotatable bonds is 9. The van der Waals surface area contributed by atoms with E-state index < -0.39 is 32.2 Å². The van der Waals surface area contributed by atoms with Crippen molar-refractivity contribution in [1.29, 1.82) is 0 Å². The molecule has 8 nitrogen and oxygen atoms in total. The maximum absolute atomic E-state index is 13.8. The smallest absolute Gasteiger partial charge is 0.192 e. The molecule has 3 aliphatic rings. The molecule has 212 valence electrons. The predicted molar refractivity (Wildman–Crippen MR) is 145 cm³/mol. The molecular weight excluding hydrogens is 504 g/mol. The molecular formula is C29H44O8Si. The van der Waals surface area contributed by atoms with E-state index in [1.807, 2.05) is 32.0 Å². The topological polar surface area (TPSA) is 89.5 Å². The SMILES string of the molecule is COCOc1cc(C[C@H]2C[C@@H](C=O)[C@@H]3C(=O)[C@H]4OC(C)(C)O[C@H]4[C@H](O[Si](C)(C)C(C)(C)C)[C@H]23)ccc1OC. The van der Waals surface area contributed by atoms with Crippen molar-refractivity contribution < 1.29 is 37.7 Å². The summed E-state index contributed by atoms with van der Waals surface area (Å²) >= 11 is 0. The second kappa shape index (κ2) is 10.7. The lowest BCUT2D eigenvalue weighted by atomic mass is 9.70. The number of carbonyl (C=O) groups is 2. The maximum atomic E-state index is 13.8. The van der Waals surface area contributed by atoms with Gasteiger partial charge in [-0.15, -0.1) is 0 Å². The first-order valence-corrected chi connectivity index (χ1v) is 16.4. The minimum absolute atomic E-state index is 0.0286. The van der Waals surface area contributed by atoms with Gasteiger partial charge in [-0.2, -0.15) is 0 Å². The molecule has 1 aromatic rings. The summed E-state index contributed by atoms with van der Waals surface area (Å²) in [4.78, 5) is 26.2. The molecule has 0 amide bonds. The number of ketones is 1. The predicted octanol–water partition coefficient (Wildman–Crippen LogP) is 4.78. The highest BCUT2D eigenvalue weighted by molar-refractivity contribution is 6.74. The average molecular weight is 549 g/mol. The highest BCUT2D eigenvalue weighted by atomic mass is 28.4. The van der Waals surface area contributed by atoms with Crippen molar-refractivity contribution in [2.45, 2.75) is 89.7 Å². The molecule has 7 atom stereocenters. The second-order valence-electron chi connectivity index (χ2n) is 12.9. The highest BCUT2D eigenvalue weighted by Gasteiger charge is 2.64. The molecule has 0 N–H and O–H groups in total. The number of methoxy groups -OCH3 is 2. The molecule has 3 fully saturated rings. The van der Waals surface area contributed by atoms with Crippen molar-refractivity contribution >= 4 is 20.4 Å². The molecule has 0 aromatic heterocycles. The van der Waals surface area contributed by atoms with Crippen LogP contribution in [-0.4, -0.2) is 65.5 Å². The minimum Gasteiger partial charge on any atom is -0.493 e. The highest BCUT2D eigenvalue weighted by Crippen LogP contribution is 2.54. The van der Waals surface area contributed by atoms with Gasteiger partial charge in [0.2, 0.25) is 0 Å². The Morgan fingerprint density at radius 3 is 2.45 bits per heavy atom. The lowest BCUT2D eigenvalue weighted by Gasteiger charge is -2.47. The van der Waals surface area contributed by atoms with E-state index in [1.165, 1.54) is 0 Å². The number of Topliss-reactive ketones (excluding diaryl/α,β-unsaturated/α-hetero) is 1. The van der Waals surface area contributed by atoms with E-state index in [1.54, 1.807) is 14.2 Å². The first kappa shape index (κ1) is 29.2. The van der Waals surface area contributed by atoms with E-state index in [-0.39, 0.29) is 41.5 Å². The number of carbonyl (C=O) groups excluding carboxylic acids is 2. The zero-order chi connectivity index (χ0) is 28.0. The van der Waals surface area contributed by atoms with Crippen molar-refractivity contribution in [2.75, 3.05) is 21.0 Å². The average Bonchev–Trinajstić information content (AvgIpc) is 3.36. The van der Waals surface area contributed by atoms with Crippen LogP contribution in [0.15, 0.2) is 18.2 Å². The monoisotopic (exact) mass is 548 g/mol. The Balaban J connectivity index is 1.72. The second-order valence-corrected chi connectivity index (χ2v) is 17.7. The van der Waals surface area contributed by atoms with E-state index >= 15 is 0 Å². The summed E-state index contributed by atoms with van der Waals surface area (Å²) < 4.78 is 35.9. The third-order valence-corrected chi connectivity index (χ3v) is 13.4. The summed E-state index contributed by atoms with van der Waals surface area (Å²) in [5.74, 6) is -0.645. The van der Waals surface area contributed by atoms with Gasteiger partial charge in [0.25, 0.3) is 0 Å². The number of aldehydes is 1. The van der Waals surface area contributed by atoms with E-state index in [2.05, 4.69) is 33.9 Å². The standard InChI is InChI=1S/C29H44O8Si/c1-28(2,3)38(8,9)37-25-23-18(12-17-10-11-20(33-7)21(13-17)34-16-32-6)14-19(15-30)22(23)24(31)26-27(25)36-29(4,5)35-26/h10-11,13,15,18-19,22-23,25-27H,12,14,16H2,1-9H3/t18-,19-,22-,23+,25+,26+,27-/m0/s1. The van der Waals surface area contributed by atoms with Crippen LogP contribution >= 0.6 is 0 Å². The summed E-state index contributed by atoms with van der Waals surface area (Å²) in [6.45, 7) is 14.8.